The average molecular weight is 713 g/mol. The molecule has 0 aliphatic heterocycles. The number of hydrogen-bond acceptors (Lipinski definition) is 6. The van der Waals surface area contributed by atoms with Crippen LogP contribution in [0.2, 0.25) is 0 Å². The molecule has 0 aromatic carbocycles. The van der Waals surface area contributed by atoms with Crippen molar-refractivity contribution >= 4 is 19.8 Å². The van der Waals surface area contributed by atoms with Gasteiger partial charge < -0.3 is 19.3 Å². The summed E-state index contributed by atoms with van der Waals surface area (Å²) in [6.07, 6.45) is 41.6. The molecule has 286 valence electrons. The first-order chi connectivity index (χ1) is 23.8. The minimum atomic E-state index is -4.76. The summed E-state index contributed by atoms with van der Waals surface area (Å²) in [5, 5.41) is 0. The van der Waals surface area contributed by atoms with E-state index in [2.05, 4.69) is 54.8 Å². The summed E-state index contributed by atoms with van der Waals surface area (Å²) in [5.74, 6) is -0.946. The van der Waals surface area contributed by atoms with Crippen LogP contribution in [0.25, 0.3) is 0 Å². The second kappa shape index (κ2) is 36.1. The summed E-state index contributed by atoms with van der Waals surface area (Å²) in [6.45, 7) is 3.63. The molecule has 0 aliphatic rings. The lowest BCUT2D eigenvalue weighted by atomic mass is 10.1. The van der Waals surface area contributed by atoms with E-state index in [0.29, 0.717) is 12.8 Å². The van der Waals surface area contributed by atoms with Crippen LogP contribution in [0.15, 0.2) is 36.5 Å². The molecule has 0 saturated heterocycles. The Balaban J connectivity index is 4.02. The molecular weight excluding hydrogens is 639 g/mol. The van der Waals surface area contributed by atoms with Gasteiger partial charge in [0.2, 0.25) is 0 Å². The maximum absolute atomic E-state index is 12.4. The predicted octanol–water partition coefficient (Wildman–Crippen LogP) is 11.8. The Kier molecular flexibility index (Phi) is 34.8. The maximum Gasteiger partial charge on any atom is 0.469 e. The standard InChI is InChI=1S/C40H73O8P/c1-3-5-7-9-11-13-15-17-19-20-21-23-24-26-28-30-32-34-39(41)46-36-38(37-47-49(43,44)45)48-40(42)35-33-31-29-27-25-22-18-16-14-12-10-8-6-4-2/h16,18,21,23,26,28,38H,3-15,17,19-20,22,24-25,27,29-37H2,1-2H3,(H2,43,44,45)/b18-16+,23-21+,28-26+/t38-/m1/s1. The lowest BCUT2D eigenvalue weighted by Gasteiger charge is -2.18. The number of hydrogen-bond donors (Lipinski definition) is 2. The molecule has 0 saturated carbocycles. The molecule has 1 atom stereocenters. The highest BCUT2D eigenvalue weighted by atomic mass is 31.2. The summed E-state index contributed by atoms with van der Waals surface area (Å²) in [4.78, 5) is 42.7. The van der Waals surface area contributed by atoms with E-state index < -0.39 is 32.5 Å². The quantitative estimate of drug-likeness (QED) is 0.0285. The third-order valence-electron chi connectivity index (χ3n) is 8.38. The Morgan fingerprint density at radius 3 is 1.43 bits per heavy atom. The SMILES string of the molecule is CCCCCCC/C=C/CCCCCCCC(=O)O[C@H](COC(=O)CCC/C=C/C/C=C/CCCCCCCCCCC)COP(=O)(O)O. The van der Waals surface area contributed by atoms with Crippen LogP contribution in [0, 0.1) is 0 Å². The zero-order chi connectivity index (χ0) is 36.1. The summed E-state index contributed by atoms with van der Waals surface area (Å²) in [7, 11) is -4.76. The minimum Gasteiger partial charge on any atom is -0.462 e. The van der Waals surface area contributed by atoms with Crippen molar-refractivity contribution < 1.29 is 37.9 Å². The summed E-state index contributed by atoms with van der Waals surface area (Å²) < 4.78 is 26.3. The fourth-order valence-corrected chi connectivity index (χ4v) is 5.77. The molecule has 8 nitrogen and oxygen atoms in total. The van der Waals surface area contributed by atoms with Crippen LogP contribution in [0.4, 0.5) is 0 Å². The van der Waals surface area contributed by atoms with Crippen molar-refractivity contribution in [1.82, 2.24) is 0 Å². The van der Waals surface area contributed by atoms with Gasteiger partial charge in [-0.2, -0.15) is 0 Å². The van der Waals surface area contributed by atoms with Gasteiger partial charge in [0.25, 0.3) is 0 Å². The number of carbonyl (C=O) groups is 2. The van der Waals surface area contributed by atoms with Gasteiger partial charge in [-0.05, 0) is 64.2 Å². The van der Waals surface area contributed by atoms with Crippen LogP contribution in [-0.4, -0.2) is 41.0 Å². The molecule has 0 radical (unpaired) electrons. The van der Waals surface area contributed by atoms with Gasteiger partial charge in [-0.3, -0.25) is 14.1 Å². The third-order valence-corrected chi connectivity index (χ3v) is 8.87. The van der Waals surface area contributed by atoms with E-state index in [0.717, 1.165) is 51.4 Å². The molecule has 0 bridgehead atoms. The van der Waals surface area contributed by atoms with Crippen molar-refractivity contribution in [2.75, 3.05) is 13.2 Å². The topological polar surface area (TPSA) is 119 Å². The minimum absolute atomic E-state index is 0.194. The van der Waals surface area contributed by atoms with Gasteiger partial charge in [0.15, 0.2) is 6.10 Å². The van der Waals surface area contributed by atoms with E-state index in [9.17, 15) is 14.2 Å². The second-order valence-corrected chi connectivity index (χ2v) is 14.5. The summed E-state index contributed by atoms with van der Waals surface area (Å²) in [6, 6.07) is 0. The molecular formula is C40H73O8P. The zero-order valence-corrected chi connectivity index (χ0v) is 32.2. The Morgan fingerprint density at radius 1 is 0.531 bits per heavy atom. The van der Waals surface area contributed by atoms with Crippen LogP contribution >= 0.6 is 7.82 Å². The monoisotopic (exact) mass is 713 g/mol. The molecule has 0 heterocycles. The first-order valence-corrected chi connectivity index (χ1v) is 21.3. The Labute approximate surface area is 300 Å². The molecule has 0 spiro atoms. The van der Waals surface area contributed by atoms with Crippen molar-refractivity contribution in [1.29, 1.82) is 0 Å². The maximum atomic E-state index is 12.4. The molecule has 9 heteroatoms. The van der Waals surface area contributed by atoms with Gasteiger partial charge in [0.05, 0.1) is 6.61 Å². The van der Waals surface area contributed by atoms with E-state index >= 15 is 0 Å². The van der Waals surface area contributed by atoms with Crippen molar-refractivity contribution in [3.05, 3.63) is 36.5 Å². The molecule has 0 rings (SSSR count). The predicted molar refractivity (Wildman–Crippen MR) is 202 cm³/mol. The zero-order valence-electron chi connectivity index (χ0n) is 31.3. The van der Waals surface area contributed by atoms with Crippen molar-refractivity contribution in [2.45, 2.75) is 193 Å². The number of unbranched alkanes of at least 4 members (excludes halogenated alkanes) is 20. The highest BCUT2D eigenvalue weighted by molar-refractivity contribution is 7.46. The van der Waals surface area contributed by atoms with Gasteiger partial charge in [-0.15, -0.1) is 0 Å². The molecule has 0 aliphatic carbocycles. The fraction of sp³-hybridized carbons (Fsp3) is 0.800. The first-order valence-electron chi connectivity index (χ1n) is 19.8. The van der Waals surface area contributed by atoms with Crippen molar-refractivity contribution in [3.8, 4) is 0 Å². The number of rotatable bonds is 36. The Bertz CT molecular complexity index is 895. The van der Waals surface area contributed by atoms with Gasteiger partial charge in [0, 0.05) is 12.8 Å². The number of phosphoric ester groups is 1. The van der Waals surface area contributed by atoms with E-state index in [-0.39, 0.29) is 19.4 Å². The average Bonchev–Trinajstić information content (AvgIpc) is 3.07. The number of phosphoric acid groups is 1. The molecule has 0 amide bonds. The number of ether oxygens (including phenoxy) is 2. The number of esters is 2. The van der Waals surface area contributed by atoms with Crippen LogP contribution < -0.4 is 0 Å². The van der Waals surface area contributed by atoms with E-state index in [1.165, 1.54) is 96.3 Å². The first kappa shape index (κ1) is 47.3. The molecule has 0 unspecified atom stereocenters. The number of allylic oxidation sites excluding steroid dienone is 6. The van der Waals surface area contributed by atoms with Gasteiger partial charge >= 0.3 is 19.8 Å². The molecule has 0 fully saturated rings. The van der Waals surface area contributed by atoms with Gasteiger partial charge in [-0.25, -0.2) is 4.57 Å². The highest BCUT2D eigenvalue weighted by Gasteiger charge is 2.22. The normalized spacial score (nSPS) is 12.8. The second-order valence-electron chi connectivity index (χ2n) is 13.2. The van der Waals surface area contributed by atoms with Gasteiger partial charge in [0.1, 0.15) is 6.61 Å². The van der Waals surface area contributed by atoms with Crippen LogP contribution in [0.1, 0.15) is 187 Å². The molecule has 49 heavy (non-hydrogen) atoms. The van der Waals surface area contributed by atoms with Crippen molar-refractivity contribution in [3.63, 3.8) is 0 Å². The smallest absolute Gasteiger partial charge is 0.462 e. The third kappa shape index (κ3) is 38.9. The molecule has 2 N–H and O–H groups in total. The molecule has 0 aromatic rings. The number of carbonyl (C=O) groups excluding carboxylic acids is 2. The Hall–Kier alpha value is -1.73. The highest BCUT2D eigenvalue weighted by Crippen LogP contribution is 2.36. The summed E-state index contributed by atoms with van der Waals surface area (Å²) >= 11 is 0. The van der Waals surface area contributed by atoms with E-state index in [4.69, 9.17) is 19.3 Å². The molecule has 0 aromatic heterocycles. The van der Waals surface area contributed by atoms with E-state index in [1.807, 2.05) is 0 Å². The lowest BCUT2D eigenvalue weighted by Crippen LogP contribution is -2.29. The van der Waals surface area contributed by atoms with Crippen LogP contribution in [-0.2, 0) is 28.2 Å². The largest absolute Gasteiger partial charge is 0.469 e. The fourth-order valence-electron chi connectivity index (χ4n) is 5.41. The van der Waals surface area contributed by atoms with Gasteiger partial charge in [-0.1, -0.05) is 147 Å². The van der Waals surface area contributed by atoms with Crippen LogP contribution in [0.5, 0.6) is 0 Å². The summed E-state index contributed by atoms with van der Waals surface area (Å²) in [5.41, 5.74) is 0. The van der Waals surface area contributed by atoms with Crippen molar-refractivity contribution in [2.24, 2.45) is 0 Å². The Morgan fingerprint density at radius 2 is 0.939 bits per heavy atom. The lowest BCUT2D eigenvalue weighted by molar-refractivity contribution is -0.161. The van der Waals surface area contributed by atoms with E-state index in [1.54, 1.807) is 0 Å². The van der Waals surface area contributed by atoms with Crippen LogP contribution in [0.3, 0.4) is 0 Å².